The highest BCUT2D eigenvalue weighted by atomic mass is 16.5. The van der Waals surface area contributed by atoms with Crippen LogP contribution in [0.5, 0.6) is 17.2 Å². The molecule has 204 valence electrons. The van der Waals surface area contributed by atoms with Crippen LogP contribution in [0.15, 0.2) is 91.0 Å². The summed E-state index contributed by atoms with van der Waals surface area (Å²) in [5, 5.41) is 13.7. The lowest BCUT2D eigenvalue weighted by Crippen LogP contribution is -2.31. The maximum atomic E-state index is 13.3. The van der Waals surface area contributed by atoms with E-state index in [0.717, 1.165) is 22.3 Å². The van der Waals surface area contributed by atoms with Gasteiger partial charge in [-0.25, -0.2) is 4.79 Å². The number of hydrogen-bond acceptors (Lipinski definition) is 7. The molecule has 0 radical (unpaired) electrons. The fourth-order valence-corrected chi connectivity index (χ4v) is 5.05. The average Bonchev–Trinajstić information content (AvgIpc) is 3.31. The summed E-state index contributed by atoms with van der Waals surface area (Å²) in [6.45, 7) is -0.393. The molecule has 4 aromatic carbocycles. The van der Waals surface area contributed by atoms with Gasteiger partial charge in [0, 0.05) is 17.5 Å². The zero-order valence-electron chi connectivity index (χ0n) is 22.1. The summed E-state index contributed by atoms with van der Waals surface area (Å²) in [7, 11) is 3.10. The number of carboxylic acid groups (broad SMARTS) is 1. The average molecular weight is 539 g/mol. The first-order chi connectivity index (χ1) is 19.5. The van der Waals surface area contributed by atoms with Crippen molar-refractivity contribution in [2.45, 2.75) is 12.0 Å². The Labute approximate surface area is 232 Å². The molecule has 0 heterocycles. The molecule has 1 aliphatic carbocycles. The normalized spacial score (nSPS) is 12.6. The van der Waals surface area contributed by atoms with Crippen molar-refractivity contribution in [3.8, 4) is 28.4 Å². The lowest BCUT2D eigenvalue weighted by molar-refractivity contribution is -0.307. The summed E-state index contributed by atoms with van der Waals surface area (Å²) in [6.07, 6.45) is -0.595. The highest BCUT2D eigenvalue weighted by Gasteiger charge is 2.30. The number of fused-ring (bicyclic) bond motifs is 3. The molecule has 0 fully saturated rings. The predicted molar refractivity (Wildman–Crippen MR) is 147 cm³/mol. The molecular formula is C32H28NO7-. The molecule has 0 unspecified atom stereocenters. The fraction of sp³-hybridized carbons (Fsp3) is 0.188. The van der Waals surface area contributed by atoms with E-state index in [-0.39, 0.29) is 12.5 Å². The van der Waals surface area contributed by atoms with E-state index < -0.39 is 24.7 Å². The first kappa shape index (κ1) is 26.6. The van der Waals surface area contributed by atoms with Crippen molar-refractivity contribution < 1.29 is 33.6 Å². The largest absolute Gasteiger partial charge is 0.546 e. The number of hydrogen-bond donors (Lipinski definition) is 1. The zero-order valence-corrected chi connectivity index (χ0v) is 22.1. The number of amides is 1. The third-order valence-corrected chi connectivity index (χ3v) is 6.93. The highest BCUT2D eigenvalue weighted by molar-refractivity contribution is 5.79. The van der Waals surface area contributed by atoms with E-state index in [1.54, 1.807) is 50.6 Å². The Morgan fingerprint density at radius 1 is 0.825 bits per heavy atom. The van der Waals surface area contributed by atoms with Crippen LogP contribution in [0.4, 0.5) is 4.79 Å². The third-order valence-electron chi connectivity index (χ3n) is 6.93. The second-order valence-electron chi connectivity index (χ2n) is 9.24. The number of methoxy groups -OCH3 is 2. The summed E-state index contributed by atoms with van der Waals surface area (Å²) in [5.74, 6) is 0.0794. The zero-order chi connectivity index (χ0) is 28.1. The minimum absolute atomic E-state index is 0.0766. The van der Waals surface area contributed by atoms with Crippen LogP contribution in [0.2, 0.25) is 0 Å². The first-order valence-corrected chi connectivity index (χ1v) is 12.7. The van der Waals surface area contributed by atoms with Crippen molar-refractivity contribution in [1.29, 1.82) is 0 Å². The van der Waals surface area contributed by atoms with E-state index >= 15 is 0 Å². The van der Waals surface area contributed by atoms with Gasteiger partial charge in [-0.05, 0) is 52.1 Å². The van der Waals surface area contributed by atoms with Crippen molar-refractivity contribution in [1.82, 2.24) is 5.32 Å². The van der Waals surface area contributed by atoms with E-state index in [4.69, 9.17) is 18.9 Å². The molecule has 1 aliphatic rings. The predicted octanol–water partition coefficient (Wildman–Crippen LogP) is 4.46. The number of aliphatic carboxylic acids is 1. The summed E-state index contributed by atoms with van der Waals surface area (Å²) in [4.78, 5) is 24.0. The molecule has 0 spiro atoms. The van der Waals surface area contributed by atoms with Crippen LogP contribution in [0.3, 0.4) is 0 Å². The Balaban J connectivity index is 1.38. The van der Waals surface area contributed by atoms with E-state index in [2.05, 4.69) is 29.6 Å². The van der Waals surface area contributed by atoms with Crippen LogP contribution in [0.1, 0.15) is 34.2 Å². The monoisotopic (exact) mass is 538 g/mol. The maximum absolute atomic E-state index is 13.3. The number of benzene rings is 4. The van der Waals surface area contributed by atoms with Gasteiger partial charge in [0.05, 0.1) is 26.2 Å². The first-order valence-electron chi connectivity index (χ1n) is 12.7. The van der Waals surface area contributed by atoms with Crippen LogP contribution < -0.4 is 24.6 Å². The van der Waals surface area contributed by atoms with Crippen molar-refractivity contribution in [3.05, 3.63) is 113 Å². The molecule has 0 saturated heterocycles. The minimum atomic E-state index is -1.32. The lowest BCUT2D eigenvalue weighted by Gasteiger charge is -2.23. The van der Waals surface area contributed by atoms with Gasteiger partial charge < -0.3 is 34.2 Å². The summed E-state index contributed by atoms with van der Waals surface area (Å²) in [5.41, 5.74) is 5.93. The molecule has 8 nitrogen and oxygen atoms in total. The molecule has 0 aliphatic heterocycles. The molecule has 1 atom stereocenters. The van der Waals surface area contributed by atoms with Gasteiger partial charge in [-0.2, -0.15) is 0 Å². The standard InChI is InChI=1S/C32H29NO7/c1-37-22-15-16-27(29(17-22)38-2)31(20-11-13-21(14-12-20)39-19-30(34)35)33-32(36)40-18-28-25-9-5-3-7-23(25)24-8-4-6-10-26(24)28/h3-17,28,31H,18-19H2,1-2H3,(H,33,36)(H,34,35)/p-1/t31-/m1/s1. The molecule has 4 aromatic rings. The summed E-state index contributed by atoms with van der Waals surface area (Å²) >= 11 is 0. The molecule has 40 heavy (non-hydrogen) atoms. The Morgan fingerprint density at radius 3 is 2.05 bits per heavy atom. The molecule has 5 rings (SSSR count). The Hall–Kier alpha value is -4.98. The van der Waals surface area contributed by atoms with Crippen molar-refractivity contribution in [3.63, 3.8) is 0 Å². The van der Waals surface area contributed by atoms with Crippen molar-refractivity contribution >= 4 is 12.1 Å². The molecule has 0 saturated carbocycles. The number of carbonyl (C=O) groups is 2. The topological polar surface area (TPSA) is 106 Å². The van der Waals surface area contributed by atoms with E-state index in [9.17, 15) is 14.7 Å². The summed E-state index contributed by atoms with van der Waals surface area (Å²) in [6, 6.07) is 27.7. The van der Waals surface area contributed by atoms with Gasteiger partial charge in [0.1, 0.15) is 30.5 Å². The highest BCUT2D eigenvalue weighted by Crippen LogP contribution is 2.44. The van der Waals surface area contributed by atoms with Gasteiger partial charge in [-0.1, -0.05) is 60.7 Å². The van der Waals surface area contributed by atoms with Crippen molar-refractivity contribution in [2.24, 2.45) is 0 Å². The van der Waals surface area contributed by atoms with E-state index in [1.165, 1.54) is 0 Å². The Morgan fingerprint density at radius 2 is 1.45 bits per heavy atom. The van der Waals surface area contributed by atoms with E-state index in [0.29, 0.717) is 28.4 Å². The van der Waals surface area contributed by atoms with Gasteiger partial charge >= 0.3 is 6.09 Å². The number of carbonyl (C=O) groups excluding carboxylic acids is 2. The smallest absolute Gasteiger partial charge is 0.407 e. The van der Waals surface area contributed by atoms with Crippen LogP contribution >= 0.6 is 0 Å². The number of carboxylic acids is 1. The van der Waals surface area contributed by atoms with Gasteiger partial charge in [0.25, 0.3) is 0 Å². The van der Waals surface area contributed by atoms with E-state index in [1.807, 2.05) is 30.3 Å². The number of ether oxygens (including phenoxy) is 4. The van der Waals surface area contributed by atoms with Gasteiger partial charge in [0.2, 0.25) is 0 Å². The molecule has 1 amide bonds. The van der Waals surface area contributed by atoms with Crippen molar-refractivity contribution in [2.75, 3.05) is 27.4 Å². The van der Waals surface area contributed by atoms with Gasteiger partial charge in [-0.15, -0.1) is 0 Å². The van der Waals surface area contributed by atoms with Crippen LogP contribution in [0, 0.1) is 0 Å². The number of nitrogens with one attached hydrogen (secondary N) is 1. The SMILES string of the molecule is COc1ccc([C@H](NC(=O)OCC2c3ccccc3-c3ccccc32)c2ccc(OCC(=O)[O-])cc2)c(OC)c1. The maximum Gasteiger partial charge on any atom is 0.407 e. The number of alkyl carbamates (subject to hydrolysis) is 1. The number of rotatable bonds is 10. The molecule has 0 aromatic heterocycles. The molecular weight excluding hydrogens is 510 g/mol. The van der Waals surface area contributed by atoms with Gasteiger partial charge in [0.15, 0.2) is 0 Å². The molecule has 8 heteroatoms. The second-order valence-corrected chi connectivity index (χ2v) is 9.24. The minimum Gasteiger partial charge on any atom is -0.546 e. The van der Waals surface area contributed by atoms with Crippen LogP contribution in [-0.2, 0) is 9.53 Å². The third kappa shape index (κ3) is 5.56. The lowest BCUT2D eigenvalue weighted by atomic mass is 9.97. The van der Waals surface area contributed by atoms with Gasteiger partial charge in [-0.3, -0.25) is 0 Å². The fourth-order valence-electron chi connectivity index (χ4n) is 5.05. The second kappa shape index (κ2) is 11.8. The van der Waals surface area contributed by atoms with Crippen LogP contribution in [-0.4, -0.2) is 39.5 Å². The van der Waals surface area contributed by atoms with Crippen LogP contribution in [0.25, 0.3) is 11.1 Å². The Bertz CT molecular complexity index is 1470. The molecule has 0 bridgehead atoms. The summed E-state index contributed by atoms with van der Waals surface area (Å²) < 4.78 is 22.0. The quantitative estimate of drug-likeness (QED) is 0.318. The molecule has 1 N–H and O–H groups in total. The Kier molecular flexibility index (Phi) is 7.87.